The lowest BCUT2D eigenvalue weighted by Gasteiger charge is -2.09. The minimum atomic E-state index is -0.391. The van der Waals surface area contributed by atoms with E-state index in [0.29, 0.717) is 21.5 Å². The number of hydrogen-bond acceptors (Lipinski definition) is 5. The Bertz CT molecular complexity index is 626. The molecule has 0 unspecified atom stereocenters. The van der Waals surface area contributed by atoms with E-state index < -0.39 is 5.97 Å². The molecule has 104 valence electrons. The van der Waals surface area contributed by atoms with Crippen molar-refractivity contribution in [1.82, 2.24) is 4.98 Å². The van der Waals surface area contributed by atoms with Crippen molar-refractivity contribution in [3.8, 4) is 0 Å². The van der Waals surface area contributed by atoms with Gasteiger partial charge in [0, 0.05) is 11.1 Å². The maximum absolute atomic E-state index is 11.7. The molecule has 0 saturated heterocycles. The number of nitrogens with one attached hydrogen (secondary N) is 2. The summed E-state index contributed by atoms with van der Waals surface area (Å²) >= 11 is 6.64. The monoisotopic (exact) mass is 307 g/mol. The zero-order valence-electron chi connectivity index (χ0n) is 11.0. The van der Waals surface area contributed by atoms with Crippen molar-refractivity contribution in [2.75, 3.05) is 17.7 Å². The molecule has 2 heterocycles. The highest BCUT2D eigenvalue weighted by Gasteiger charge is 2.16. The zero-order chi connectivity index (χ0) is 14.5. The van der Waals surface area contributed by atoms with E-state index in [9.17, 15) is 4.79 Å². The van der Waals surface area contributed by atoms with Gasteiger partial charge in [-0.3, -0.25) is 0 Å². The minimum absolute atomic E-state index is 0.371. The smallest absolute Gasteiger partial charge is 0.340 e. The molecule has 0 fully saturated rings. The van der Waals surface area contributed by atoms with E-state index in [1.54, 1.807) is 18.3 Å². The van der Waals surface area contributed by atoms with Gasteiger partial charge in [0.1, 0.15) is 10.8 Å². The van der Waals surface area contributed by atoms with Gasteiger partial charge in [0.2, 0.25) is 0 Å². The van der Waals surface area contributed by atoms with E-state index in [-0.39, 0.29) is 0 Å². The molecular weight excluding hydrogens is 294 g/mol. The quantitative estimate of drug-likeness (QED) is 0.671. The van der Waals surface area contributed by atoms with E-state index in [0.717, 1.165) is 4.88 Å². The predicted molar refractivity (Wildman–Crippen MR) is 84.5 cm³/mol. The predicted octanol–water partition coefficient (Wildman–Crippen LogP) is 3.05. The van der Waals surface area contributed by atoms with Crippen LogP contribution in [0.5, 0.6) is 0 Å². The molecule has 2 aromatic heterocycles. The van der Waals surface area contributed by atoms with Crippen LogP contribution in [0, 0.1) is 6.92 Å². The molecule has 0 aromatic carbocycles. The number of hydrogen-bond donors (Lipinski definition) is 2. The second-order valence-electron chi connectivity index (χ2n) is 3.89. The summed E-state index contributed by atoms with van der Waals surface area (Å²) in [5, 5.41) is 6.97. The molecule has 2 N–H and O–H groups in total. The molecule has 0 atom stereocenters. The van der Waals surface area contributed by atoms with Gasteiger partial charge in [-0.15, -0.1) is 11.3 Å². The van der Waals surface area contributed by atoms with Gasteiger partial charge >= 0.3 is 5.97 Å². The lowest BCUT2D eigenvalue weighted by molar-refractivity contribution is 0.0602. The molecule has 0 amide bonds. The van der Waals surface area contributed by atoms with Crippen LogP contribution in [0.4, 0.5) is 10.8 Å². The van der Waals surface area contributed by atoms with Crippen LogP contribution >= 0.6 is 23.6 Å². The number of carbonyl (C=O) groups is 1. The van der Waals surface area contributed by atoms with Crippen LogP contribution in [0.2, 0.25) is 0 Å². The maximum Gasteiger partial charge on any atom is 0.340 e. The maximum atomic E-state index is 11.7. The molecule has 5 nitrogen and oxygen atoms in total. The standard InChI is InChI=1S/C13H13N3O2S2/c1-8-7-9(12(17)18-2)11(20-8)16-13(19)15-10-5-3-4-6-14-10/h3-7H,1-2H3,(H2,14,15,16,19). The van der Waals surface area contributed by atoms with Gasteiger partial charge in [-0.2, -0.15) is 0 Å². The summed E-state index contributed by atoms with van der Waals surface area (Å²) in [6.07, 6.45) is 1.67. The second-order valence-corrected chi connectivity index (χ2v) is 5.55. The molecule has 20 heavy (non-hydrogen) atoms. The number of pyridine rings is 1. The fraction of sp³-hybridized carbons (Fsp3) is 0.154. The number of thiophene rings is 1. The Kier molecular flexibility index (Phi) is 4.65. The average Bonchev–Trinajstić information content (AvgIpc) is 2.79. The number of rotatable bonds is 3. The van der Waals surface area contributed by atoms with E-state index >= 15 is 0 Å². The first-order valence-corrected chi connectivity index (χ1v) is 7.00. The first kappa shape index (κ1) is 14.4. The molecule has 0 bridgehead atoms. The Morgan fingerprint density at radius 2 is 2.20 bits per heavy atom. The van der Waals surface area contributed by atoms with Crippen LogP contribution in [0.15, 0.2) is 30.5 Å². The molecule has 7 heteroatoms. The molecule has 2 aromatic rings. The summed E-state index contributed by atoms with van der Waals surface area (Å²) in [4.78, 5) is 16.8. The summed E-state index contributed by atoms with van der Waals surface area (Å²) in [6, 6.07) is 7.24. The van der Waals surface area contributed by atoms with Gasteiger partial charge in [-0.05, 0) is 37.3 Å². The average molecular weight is 307 g/mol. The van der Waals surface area contributed by atoms with Crippen LogP contribution in [-0.2, 0) is 4.74 Å². The van der Waals surface area contributed by atoms with Crippen molar-refractivity contribution < 1.29 is 9.53 Å². The highest BCUT2D eigenvalue weighted by atomic mass is 32.1. The van der Waals surface area contributed by atoms with Gasteiger partial charge in [0.25, 0.3) is 0 Å². The lowest BCUT2D eigenvalue weighted by atomic mass is 10.3. The number of anilines is 2. The first-order chi connectivity index (χ1) is 9.60. The van der Waals surface area contributed by atoms with Crippen molar-refractivity contribution in [3.05, 3.63) is 40.9 Å². The topological polar surface area (TPSA) is 63.2 Å². The van der Waals surface area contributed by atoms with Crippen LogP contribution in [-0.4, -0.2) is 23.2 Å². The molecule has 0 aliphatic rings. The Morgan fingerprint density at radius 3 is 2.85 bits per heavy atom. The summed E-state index contributed by atoms with van der Waals surface area (Å²) in [7, 11) is 1.35. The zero-order valence-corrected chi connectivity index (χ0v) is 12.6. The molecule has 0 radical (unpaired) electrons. The van der Waals surface area contributed by atoms with E-state index in [1.807, 2.05) is 19.1 Å². The summed E-state index contributed by atoms with van der Waals surface area (Å²) in [5.41, 5.74) is 0.472. The largest absolute Gasteiger partial charge is 0.465 e. The Balaban J connectivity index is 2.10. The molecule has 0 spiro atoms. The Morgan fingerprint density at radius 1 is 1.40 bits per heavy atom. The number of thiocarbonyl (C=S) groups is 1. The van der Waals surface area contributed by atoms with E-state index in [2.05, 4.69) is 15.6 Å². The van der Waals surface area contributed by atoms with Gasteiger partial charge < -0.3 is 15.4 Å². The Hall–Kier alpha value is -1.99. The molecule has 2 rings (SSSR count). The van der Waals surface area contributed by atoms with E-state index in [1.165, 1.54) is 18.4 Å². The summed E-state index contributed by atoms with van der Waals surface area (Å²) in [5.74, 6) is 0.246. The third kappa shape index (κ3) is 3.52. The van der Waals surface area contributed by atoms with Gasteiger partial charge in [-0.25, -0.2) is 9.78 Å². The minimum Gasteiger partial charge on any atom is -0.465 e. The number of aryl methyl sites for hydroxylation is 1. The number of methoxy groups -OCH3 is 1. The fourth-order valence-corrected chi connectivity index (χ4v) is 2.73. The van der Waals surface area contributed by atoms with Gasteiger partial charge in [0.15, 0.2) is 5.11 Å². The highest BCUT2D eigenvalue weighted by molar-refractivity contribution is 7.80. The van der Waals surface area contributed by atoms with Crippen LogP contribution in [0.1, 0.15) is 15.2 Å². The normalized spacial score (nSPS) is 9.90. The number of esters is 1. The van der Waals surface area contributed by atoms with Crippen molar-refractivity contribution in [1.29, 1.82) is 0 Å². The van der Waals surface area contributed by atoms with Crippen LogP contribution in [0.3, 0.4) is 0 Å². The molecular formula is C13H13N3O2S2. The molecule has 0 aliphatic carbocycles. The summed E-state index contributed by atoms with van der Waals surface area (Å²) in [6.45, 7) is 1.91. The highest BCUT2D eigenvalue weighted by Crippen LogP contribution is 2.28. The van der Waals surface area contributed by atoms with E-state index in [4.69, 9.17) is 17.0 Å². The third-order valence-corrected chi connectivity index (χ3v) is 3.56. The van der Waals surface area contributed by atoms with Crippen LogP contribution < -0.4 is 10.6 Å². The molecule has 0 aliphatic heterocycles. The summed E-state index contributed by atoms with van der Waals surface area (Å²) < 4.78 is 4.74. The molecule has 0 saturated carbocycles. The Labute approximate surface area is 126 Å². The van der Waals surface area contributed by atoms with Crippen molar-refractivity contribution in [3.63, 3.8) is 0 Å². The fourth-order valence-electron chi connectivity index (χ4n) is 1.56. The van der Waals surface area contributed by atoms with Crippen molar-refractivity contribution in [2.24, 2.45) is 0 Å². The number of nitrogens with zero attached hydrogens (tertiary/aromatic N) is 1. The second kappa shape index (κ2) is 6.44. The van der Waals surface area contributed by atoms with Gasteiger partial charge in [-0.1, -0.05) is 6.07 Å². The number of ether oxygens (including phenoxy) is 1. The van der Waals surface area contributed by atoms with Crippen molar-refractivity contribution >= 4 is 45.5 Å². The van der Waals surface area contributed by atoms with Gasteiger partial charge in [0.05, 0.1) is 12.7 Å². The van der Waals surface area contributed by atoms with Crippen molar-refractivity contribution in [2.45, 2.75) is 6.92 Å². The first-order valence-electron chi connectivity index (χ1n) is 5.78. The number of aromatic nitrogens is 1. The number of carbonyl (C=O) groups excluding carboxylic acids is 1. The SMILES string of the molecule is COC(=O)c1cc(C)sc1NC(=S)Nc1ccccn1. The van der Waals surface area contributed by atoms with Crippen LogP contribution in [0.25, 0.3) is 0 Å². The lowest BCUT2D eigenvalue weighted by Crippen LogP contribution is -2.20. The third-order valence-electron chi connectivity index (χ3n) is 2.39.